The highest BCUT2D eigenvalue weighted by molar-refractivity contribution is 7.99. The molecule has 1 unspecified atom stereocenters. The molecule has 0 radical (unpaired) electrons. The lowest BCUT2D eigenvalue weighted by atomic mass is 10.2. The highest BCUT2D eigenvalue weighted by Crippen LogP contribution is 2.30. The molecule has 27 heavy (non-hydrogen) atoms. The van der Waals surface area contributed by atoms with Gasteiger partial charge in [0.25, 0.3) is 0 Å². The van der Waals surface area contributed by atoms with Crippen LogP contribution < -0.4 is 4.74 Å². The number of benzene rings is 2. The molecule has 6 heteroatoms. The van der Waals surface area contributed by atoms with Crippen LogP contribution in [0.15, 0.2) is 59.8 Å². The monoisotopic (exact) mass is 381 g/mol. The van der Waals surface area contributed by atoms with Gasteiger partial charge in [0.05, 0.1) is 12.7 Å². The predicted octanol–water partition coefficient (Wildman–Crippen LogP) is 4.60. The van der Waals surface area contributed by atoms with Crippen LogP contribution in [0.3, 0.4) is 0 Å². The third kappa shape index (κ3) is 4.17. The summed E-state index contributed by atoms with van der Waals surface area (Å²) in [6.45, 7) is 3.51. The van der Waals surface area contributed by atoms with Crippen LogP contribution in [0.4, 0.5) is 0 Å². The molecule has 1 atom stereocenters. The summed E-state index contributed by atoms with van der Waals surface area (Å²) in [4.78, 5) is 0. The van der Waals surface area contributed by atoms with Crippen LogP contribution in [0, 0.1) is 0 Å². The molecular weight excluding hydrogens is 358 g/mol. The summed E-state index contributed by atoms with van der Waals surface area (Å²) in [5, 5.41) is 9.85. The smallest absolute Gasteiger partial charge is 0.196 e. The third-order valence-electron chi connectivity index (χ3n) is 4.49. The van der Waals surface area contributed by atoms with Crippen LogP contribution in [0.2, 0.25) is 0 Å². The van der Waals surface area contributed by atoms with Gasteiger partial charge in [0.1, 0.15) is 5.75 Å². The fraction of sp³-hybridized carbons (Fsp3) is 0.333. The Bertz CT molecular complexity index is 859. The standard InChI is InChI=1S/C21H23N3O2S/c1-2-25-18-12-10-17(11-13-18)24-20(16-7-4-3-5-8-16)22-23-21(24)27-15-19-9-6-14-26-19/h3-5,7-8,10-13,19H,2,6,9,14-15H2,1H3. The Labute approximate surface area is 163 Å². The van der Waals surface area contributed by atoms with Gasteiger partial charge in [-0.2, -0.15) is 0 Å². The SMILES string of the molecule is CCOc1ccc(-n2c(SCC3CCCO3)nnc2-c2ccccc2)cc1. The second-order valence-corrected chi connectivity index (χ2v) is 7.37. The molecule has 1 aliphatic rings. The van der Waals surface area contributed by atoms with E-state index in [1.54, 1.807) is 11.8 Å². The molecule has 4 rings (SSSR count). The van der Waals surface area contributed by atoms with E-state index in [0.29, 0.717) is 12.7 Å². The zero-order valence-corrected chi connectivity index (χ0v) is 16.2. The van der Waals surface area contributed by atoms with Gasteiger partial charge in [-0.25, -0.2) is 0 Å². The summed E-state index contributed by atoms with van der Waals surface area (Å²) in [5.41, 5.74) is 2.07. The largest absolute Gasteiger partial charge is 0.494 e. The molecule has 1 saturated heterocycles. The van der Waals surface area contributed by atoms with Crippen molar-refractivity contribution in [3.63, 3.8) is 0 Å². The number of nitrogens with zero attached hydrogens (tertiary/aromatic N) is 3. The van der Waals surface area contributed by atoms with E-state index in [1.165, 1.54) is 0 Å². The number of hydrogen-bond donors (Lipinski definition) is 0. The highest BCUT2D eigenvalue weighted by Gasteiger charge is 2.20. The number of thioether (sulfide) groups is 1. The molecule has 0 aliphatic carbocycles. The van der Waals surface area contributed by atoms with E-state index < -0.39 is 0 Å². The molecule has 1 aromatic heterocycles. The Balaban J connectivity index is 1.67. The van der Waals surface area contributed by atoms with Gasteiger partial charge in [-0.15, -0.1) is 10.2 Å². The summed E-state index contributed by atoms with van der Waals surface area (Å²) in [5.74, 6) is 2.60. The van der Waals surface area contributed by atoms with Crippen molar-refractivity contribution in [1.82, 2.24) is 14.8 Å². The molecule has 2 heterocycles. The van der Waals surface area contributed by atoms with Crippen molar-refractivity contribution in [2.24, 2.45) is 0 Å². The Morgan fingerprint density at radius 1 is 1.11 bits per heavy atom. The Kier molecular flexibility index (Phi) is 5.75. The van der Waals surface area contributed by atoms with Crippen LogP contribution in [0.5, 0.6) is 5.75 Å². The van der Waals surface area contributed by atoms with Crippen molar-refractivity contribution in [1.29, 1.82) is 0 Å². The first-order valence-corrected chi connectivity index (χ1v) is 10.3. The maximum atomic E-state index is 5.76. The molecule has 1 fully saturated rings. The predicted molar refractivity (Wildman–Crippen MR) is 108 cm³/mol. The molecule has 5 nitrogen and oxygen atoms in total. The van der Waals surface area contributed by atoms with E-state index in [9.17, 15) is 0 Å². The Hall–Kier alpha value is -2.31. The quantitative estimate of drug-likeness (QED) is 0.560. The van der Waals surface area contributed by atoms with E-state index in [1.807, 2.05) is 37.3 Å². The van der Waals surface area contributed by atoms with E-state index in [0.717, 1.165) is 53.2 Å². The minimum absolute atomic E-state index is 0.306. The number of hydrogen-bond acceptors (Lipinski definition) is 5. The normalized spacial score (nSPS) is 16.6. The zero-order chi connectivity index (χ0) is 18.5. The second kappa shape index (κ2) is 8.59. The van der Waals surface area contributed by atoms with Crippen molar-refractivity contribution >= 4 is 11.8 Å². The summed E-state index contributed by atoms with van der Waals surface area (Å²) in [6.07, 6.45) is 2.57. The van der Waals surface area contributed by atoms with Gasteiger partial charge in [-0.1, -0.05) is 42.1 Å². The van der Waals surface area contributed by atoms with Gasteiger partial charge < -0.3 is 9.47 Å². The lowest BCUT2D eigenvalue weighted by molar-refractivity contribution is 0.129. The van der Waals surface area contributed by atoms with Crippen molar-refractivity contribution in [3.8, 4) is 22.8 Å². The lowest BCUT2D eigenvalue weighted by Gasteiger charge is -2.13. The van der Waals surface area contributed by atoms with E-state index in [2.05, 4.69) is 39.0 Å². The van der Waals surface area contributed by atoms with Gasteiger partial charge in [0.2, 0.25) is 0 Å². The second-order valence-electron chi connectivity index (χ2n) is 6.38. The van der Waals surface area contributed by atoms with Crippen LogP contribution >= 0.6 is 11.8 Å². The van der Waals surface area contributed by atoms with Crippen molar-refractivity contribution in [3.05, 3.63) is 54.6 Å². The minimum atomic E-state index is 0.306. The molecule has 2 aromatic carbocycles. The first-order valence-electron chi connectivity index (χ1n) is 9.33. The minimum Gasteiger partial charge on any atom is -0.494 e. The molecule has 0 amide bonds. The van der Waals surface area contributed by atoms with Crippen molar-refractivity contribution < 1.29 is 9.47 Å². The van der Waals surface area contributed by atoms with Gasteiger partial charge in [-0.3, -0.25) is 4.57 Å². The van der Waals surface area contributed by atoms with Crippen LogP contribution in [0.1, 0.15) is 19.8 Å². The molecule has 0 N–H and O–H groups in total. The lowest BCUT2D eigenvalue weighted by Crippen LogP contribution is -2.09. The summed E-state index contributed by atoms with van der Waals surface area (Å²) in [6, 6.07) is 18.2. The first kappa shape index (κ1) is 18.1. The van der Waals surface area contributed by atoms with Gasteiger partial charge >= 0.3 is 0 Å². The molecular formula is C21H23N3O2S. The topological polar surface area (TPSA) is 49.2 Å². The highest BCUT2D eigenvalue weighted by atomic mass is 32.2. The number of aromatic nitrogens is 3. The molecule has 140 valence electrons. The van der Waals surface area contributed by atoms with Gasteiger partial charge in [-0.05, 0) is 44.0 Å². The maximum Gasteiger partial charge on any atom is 0.196 e. The summed E-state index contributed by atoms with van der Waals surface area (Å²) in [7, 11) is 0. The molecule has 1 aliphatic heterocycles. The molecule has 0 bridgehead atoms. The average Bonchev–Trinajstić information content (AvgIpc) is 3.38. The number of ether oxygens (including phenoxy) is 2. The number of rotatable bonds is 7. The average molecular weight is 382 g/mol. The zero-order valence-electron chi connectivity index (χ0n) is 15.4. The molecule has 0 spiro atoms. The summed E-state index contributed by atoms with van der Waals surface area (Å²) >= 11 is 1.70. The van der Waals surface area contributed by atoms with Crippen LogP contribution in [0.25, 0.3) is 17.1 Å². The van der Waals surface area contributed by atoms with Gasteiger partial charge in [0.15, 0.2) is 11.0 Å². The molecule has 0 saturated carbocycles. The van der Waals surface area contributed by atoms with E-state index in [4.69, 9.17) is 9.47 Å². The first-order chi connectivity index (χ1) is 13.3. The van der Waals surface area contributed by atoms with E-state index >= 15 is 0 Å². The van der Waals surface area contributed by atoms with Gasteiger partial charge in [0, 0.05) is 23.6 Å². The van der Waals surface area contributed by atoms with Crippen molar-refractivity contribution in [2.75, 3.05) is 19.0 Å². The third-order valence-corrected chi connectivity index (χ3v) is 5.55. The summed E-state index contributed by atoms with van der Waals surface area (Å²) < 4.78 is 13.5. The molecule has 3 aromatic rings. The van der Waals surface area contributed by atoms with E-state index in [-0.39, 0.29) is 0 Å². The van der Waals surface area contributed by atoms with Crippen LogP contribution in [-0.4, -0.2) is 39.8 Å². The Morgan fingerprint density at radius 2 is 1.93 bits per heavy atom. The van der Waals surface area contributed by atoms with Crippen LogP contribution in [-0.2, 0) is 4.74 Å². The fourth-order valence-electron chi connectivity index (χ4n) is 3.17. The van der Waals surface area contributed by atoms with Crippen molar-refractivity contribution in [2.45, 2.75) is 31.0 Å². The Morgan fingerprint density at radius 3 is 2.63 bits per heavy atom. The fourth-order valence-corrected chi connectivity index (χ4v) is 4.19. The maximum absolute atomic E-state index is 5.76.